The number of benzene rings is 2. The molecule has 0 spiro atoms. The highest BCUT2D eigenvalue weighted by Crippen LogP contribution is 2.27. The molecule has 0 aromatic heterocycles. The van der Waals surface area contributed by atoms with E-state index in [9.17, 15) is 0 Å². The fourth-order valence-corrected chi connectivity index (χ4v) is 3.01. The molecule has 132 valence electrons. The summed E-state index contributed by atoms with van der Waals surface area (Å²) in [5.41, 5.74) is 1.03. The first-order valence-electron chi connectivity index (χ1n) is 8.72. The zero-order chi connectivity index (χ0) is 16.7. The maximum absolute atomic E-state index is 8.78. The molecule has 2 N–H and O–H groups in total. The van der Waals surface area contributed by atoms with Gasteiger partial charge in [-0.2, -0.15) is 0 Å². The molecule has 0 saturated heterocycles. The zero-order valence-corrected chi connectivity index (χ0v) is 15.7. The fraction of sp³-hybridized carbons (Fsp3) is 0.450. The van der Waals surface area contributed by atoms with Crippen LogP contribution in [0.1, 0.15) is 45.1 Å². The Morgan fingerprint density at radius 2 is 1.54 bits per heavy atom. The van der Waals surface area contributed by atoms with Gasteiger partial charge in [-0.25, -0.2) is 0 Å². The monoisotopic (exact) mass is 348 g/mol. The van der Waals surface area contributed by atoms with Gasteiger partial charge in [-0.15, -0.1) is 0 Å². The number of rotatable bonds is 8. The predicted molar refractivity (Wildman–Crippen MR) is 97.8 cm³/mol. The predicted octanol–water partition coefficient (Wildman–Crippen LogP) is 0.663. The van der Waals surface area contributed by atoms with Crippen LogP contribution in [-0.4, -0.2) is 26.0 Å². The van der Waals surface area contributed by atoms with E-state index in [1.165, 1.54) is 17.7 Å². The highest BCUT2D eigenvalue weighted by molar-refractivity contribution is 6.06. The Balaban J connectivity index is 0.00000288. The Morgan fingerprint density at radius 1 is 0.958 bits per heavy atom. The quantitative estimate of drug-likeness (QED) is 0.534. The summed E-state index contributed by atoms with van der Waals surface area (Å²) in [7, 11) is 1.70. The molecule has 0 aliphatic carbocycles. The molecule has 3 nitrogen and oxygen atoms in total. The third kappa shape index (κ3) is 4.71. The minimum absolute atomic E-state index is 0. The van der Waals surface area contributed by atoms with E-state index in [4.69, 9.17) is 10.1 Å². The average molecular weight is 349 g/mol. The fourth-order valence-electron chi connectivity index (χ4n) is 3.01. The van der Waals surface area contributed by atoms with Crippen molar-refractivity contribution in [3.63, 3.8) is 0 Å². The van der Waals surface area contributed by atoms with Crippen LogP contribution < -0.4 is 22.0 Å². The van der Waals surface area contributed by atoms with Crippen molar-refractivity contribution in [2.45, 2.75) is 39.5 Å². The first-order chi connectivity index (χ1) is 11.2. The third-order valence-electron chi connectivity index (χ3n) is 4.39. The smallest absolute Gasteiger partial charge is 0.226 e. The van der Waals surface area contributed by atoms with Crippen LogP contribution in [0.15, 0.2) is 36.4 Å². The third-order valence-corrected chi connectivity index (χ3v) is 4.39. The molecule has 24 heavy (non-hydrogen) atoms. The van der Waals surface area contributed by atoms with Gasteiger partial charge in [-0.05, 0) is 25.0 Å². The summed E-state index contributed by atoms with van der Waals surface area (Å²) < 4.78 is 5.48. The number of quaternary nitrogens is 1. The van der Waals surface area contributed by atoms with Crippen LogP contribution in [0.25, 0.3) is 10.8 Å². The highest BCUT2D eigenvalue weighted by atomic mass is 35.5. The van der Waals surface area contributed by atoms with Crippen LogP contribution in [0.5, 0.6) is 5.75 Å². The second kappa shape index (κ2) is 10.3. The molecule has 0 heterocycles. The molecule has 2 aromatic rings. The topological polar surface area (TPSA) is 37.5 Å². The van der Waals surface area contributed by atoms with Crippen LogP contribution in [-0.2, 0) is 0 Å². The summed E-state index contributed by atoms with van der Waals surface area (Å²) in [6.07, 6.45) is 4.67. The molecule has 2 aromatic carbocycles. The van der Waals surface area contributed by atoms with E-state index in [-0.39, 0.29) is 12.4 Å². The lowest BCUT2D eigenvalue weighted by Crippen LogP contribution is -3.14. The minimum atomic E-state index is 0. The lowest BCUT2D eigenvalue weighted by Gasteiger charge is -2.20. The van der Waals surface area contributed by atoms with Crippen molar-refractivity contribution in [3.8, 4) is 5.75 Å². The summed E-state index contributed by atoms with van der Waals surface area (Å²) >= 11 is 0. The van der Waals surface area contributed by atoms with E-state index in [1.54, 1.807) is 7.11 Å². The summed E-state index contributed by atoms with van der Waals surface area (Å²) in [4.78, 5) is 1.30. The molecule has 0 radical (unpaired) electrons. The summed E-state index contributed by atoms with van der Waals surface area (Å²) in [5, 5.41) is 11.0. The minimum Gasteiger partial charge on any atom is -1.00 e. The second-order valence-corrected chi connectivity index (χ2v) is 6.05. The summed E-state index contributed by atoms with van der Waals surface area (Å²) in [6.45, 7) is 6.50. The van der Waals surface area contributed by atoms with Crippen molar-refractivity contribution in [3.05, 3.63) is 42.0 Å². The Labute approximate surface area is 151 Å². The van der Waals surface area contributed by atoms with Gasteiger partial charge in [0, 0.05) is 10.8 Å². The molecule has 0 bridgehead atoms. The molecule has 0 saturated carbocycles. The standard InChI is InChI=1S/C20H28N2O.ClH/c1-4-6-14-22(15-7-5-2)20(21)18-12-13-19(23-3)17-11-9-8-10-16(17)18;/h8-13,21H,4-7,14-15H2,1-3H3;1H. The molecule has 2 rings (SSSR count). The van der Waals surface area contributed by atoms with Crippen LogP contribution in [0.3, 0.4) is 0 Å². The van der Waals surface area contributed by atoms with E-state index in [0.29, 0.717) is 5.84 Å². The molecule has 0 atom stereocenters. The normalized spacial score (nSPS) is 10.7. The summed E-state index contributed by atoms with van der Waals surface area (Å²) in [5.74, 6) is 1.59. The number of hydrogen-bond acceptors (Lipinski definition) is 2. The number of hydrogen-bond donors (Lipinski definition) is 2. The number of methoxy groups -OCH3 is 1. The van der Waals surface area contributed by atoms with Crippen LogP contribution >= 0.6 is 0 Å². The molecular formula is C20H29ClN2O. The van der Waals surface area contributed by atoms with Gasteiger partial charge < -0.3 is 17.1 Å². The largest absolute Gasteiger partial charge is 1.00 e. The van der Waals surface area contributed by atoms with Gasteiger partial charge in [0.25, 0.3) is 0 Å². The Kier molecular flexibility index (Phi) is 8.80. The van der Waals surface area contributed by atoms with Gasteiger partial charge in [-0.1, -0.05) is 51.0 Å². The van der Waals surface area contributed by atoms with E-state index >= 15 is 0 Å². The lowest BCUT2D eigenvalue weighted by molar-refractivity contribution is -0.806. The number of amidine groups is 1. The first kappa shape index (κ1) is 20.5. The maximum Gasteiger partial charge on any atom is 0.226 e. The molecule has 0 aliphatic rings. The summed E-state index contributed by atoms with van der Waals surface area (Å²) in [6, 6.07) is 12.3. The molecule has 0 aliphatic heterocycles. The molecular weight excluding hydrogens is 320 g/mol. The number of halogens is 1. The van der Waals surface area contributed by atoms with Gasteiger partial charge in [0.2, 0.25) is 5.84 Å². The van der Waals surface area contributed by atoms with Crippen LogP contribution in [0, 0.1) is 5.41 Å². The molecule has 4 heteroatoms. The van der Waals surface area contributed by atoms with Gasteiger partial charge >= 0.3 is 0 Å². The maximum atomic E-state index is 8.78. The number of fused-ring (bicyclic) bond motifs is 1. The van der Waals surface area contributed by atoms with Crippen molar-refractivity contribution in [1.82, 2.24) is 0 Å². The molecule has 0 amide bonds. The van der Waals surface area contributed by atoms with Crippen molar-refractivity contribution >= 4 is 16.6 Å². The van der Waals surface area contributed by atoms with Gasteiger partial charge in [-0.3, -0.25) is 10.3 Å². The average Bonchev–Trinajstić information content (AvgIpc) is 2.60. The Bertz CT molecular complexity index is 649. The molecule has 0 fully saturated rings. The Morgan fingerprint density at radius 3 is 2.08 bits per heavy atom. The van der Waals surface area contributed by atoms with Gasteiger partial charge in [0.15, 0.2) is 0 Å². The van der Waals surface area contributed by atoms with Crippen molar-refractivity contribution in [2.24, 2.45) is 0 Å². The Hall–Kier alpha value is -1.58. The van der Waals surface area contributed by atoms with Crippen molar-refractivity contribution in [1.29, 1.82) is 5.41 Å². The lowest BCUT2D eigenvalue weighted by atomic mass is 10.0. The van der Waals surface area contributed by atoms with Crippen LogP contribution in [0.2, 0.25) is 0 Å². The number of nitrogens with one attached hydrogen (secondary N) is 2. The molecule has 0 unspecified atom stereocenters. The first-order valence-corrected chi connectivity index (χ1v) is 8.72. The van der Waals surface area contributed by atoms with Gasteiger partial charge in [0.1, 0.15) is 5.75 Å². The number of ether oxygens (including phenoxy) is 1. The SMILES string of the molecule is CCCC[NH+](CCCC)C(=N)c1ccc(OC)c2ccccc12.[Cl-]. The van der Waals surface area contributed by atoms with E-state index in [1.807, 2.05) is 24.3 Å². The highest BCUT2D eigenvalue weighted by Gasteiger charge is 2.20. The van der Waals surface area contributed by atoms with Gasteiger partial charge in [0.05, 0.1) is 25.8 Å². The van der Waals surface area contributed by atoms with Crippen molar-refractivity contribution < 1.29 is 22.0 Å². The van der Waals surface area contributed by atoms with E-state index in [0.717, 1.165) is 48.0 Å². The van der Waals surface area contributed by atoms with E-state index < -0.39 is 0 Å². The van der Waals surface area contributed by atoms with E-state index in [2.05, 4.69) is 26.0 Å². The number of unbranched alkanes of at least 4 members (excludes halogenated alkanes) is 2. The second-order valence-electron chi connectivity index (χ2n) is 6.05. The zero-order valence-electron chi connectivity index (χ0n) is 15.0. The van der Waals surface area contributed by atoms with Crippen molar-refractivity contribution in [2.75, 3.05) is 20.2 Å². The van der Waals surface area contributed by atoms with Crippen LogP contribution in [0.4, 0.5) is 0 Å².